The van der Waals surface area contributed by atoms with Crippen LogP contribution in [-0.2, 0) is 19.9 Å². The Morgan fingerprint density at radius 3 is 2.27 bits per heavy atom. The van der Waals surface area contributed by atoms with E-state index < -0.39 is 60.0 Å². The van der Waals surface area contributed by atoms with Crippen LogP contribution in [0.25, 0.3) is 0 Å². The molecule has 6 N–H and O–H groups in total. The van der Waals surface area contributed by atoms with Crippen molar-refractivity contribution in [3.63, 3.8) is 0 Å². The average molecular weight is 748 g/mol. The number of aliphatic hydroxyl groups is 1. The van der Waals surface area contributed by atoms with Gasteiger partial charge in [-0.15, -0.1) is 0 Å². The number of amides is 2. The number of alkyl halides is 3. The third-order valence-electron chi connectivity index (χ3n) is 8.77. The van der Waals surface area contributed by atoms with Crippen LogP contribution in [0.5, 0.6) is 6.01 Å². The monoisotopic (exact) mass is 747 g/mol. The van der Waals surface area contributed by atoms with Gasteiger partial charge in [0.15, 0.2) is 6.61 Å². The van der Waals surface area contributed by atoms with E-state index in [-0.39, 0.29) is 42.8 Å². The SMILES string of the molecule is O=C(CC1CCCCC1O)C(=O)NCC[C@H](NC(=O)c1ccc(Nc2nc(NC3(c4ccc(Cl)cc4)CC3)nc(OCC(F)(F)F)n2)cc1)C(=O)O. The number of nitrogens with one attached hydrogen (secondary N) is 4. The van der Waals surface area contributed by atoms with E-state index in [4.69, 9.17) is 16.3 Å². The van der Waals surface area contributed by atoms with E-state index in [9.17, 15) is 42.6 Å². The van der Waals surface area contributed by atoms with Gasteiger partial charge in [-0.05, 0) is 80.0 Å². The lowest BCUT2D eigenvalue weighted by Gasteiger charge is -2.26. The number of carbonyl (C=O) groups excluding carboxylic acids is 3. The maximum absolute atomic E-state index is 12.9. The van der Waals surface area contributed by atoms with Gasteiger partial charge in [-0.2, -0.15) is 28.1 Å². The van der Waals surface area contributed by atoms with Gasteiger partial charge in [-0.25, -0.2) is 4.79 Å². The molecule has 14 nitrogen and oxygen atoms in total. The van der Waals surface area contributed by atoms with Gasteiger partial charge in [0.2, 0.25) is 17.7 Å². The number of nitrogens with zero attached hydrogens (tertiary/aromatic N) is 3. The van der Waals surface area contributed by atoms with Gasteiger partial charge in [-0.3, -0.25) is 14.4 Å². The molecule has 0 spiro atoms. The van der Waals surface area contributed by atoms with Crippen molar-refractivity contribution in [1.29, 1.82) is 0 Å². The van der Waals surface area contributed by atoms with Gasteiger partial charge in [0, 0.05) is 29.2 Å². The number of carboxylic acids is 1. The minimum Gasteiger partial charge on any atom is -0.480 e. The maximum Gasteiger partial charge on any atom is 0.422 e. The molecule has 3 atom stereocenters. The summed E-state index contributed by atoms with van der Waals surface area (Å²) in [4.78, 5) is 61.6. The molecule has 1 heterocycles. The first-order valence-electron chi connectivity index (χ1n) is 16.6. The van der Waals surface area contributed by atoms with E-state index in [2.05, 4.69) is 36.2 Å². The van der Waals surface area contributed by atoms with Crippen molar-refractivity contribution in [2.75, 3.05) is 23.8 Å². The number of Topliss-reactive ketones (excluding diaryl/α,β-unsaturated/α-hetero) is 1. The van der Waals surface area contributed by atoms with Gasteiger partial charge in [0.1, 0.15) is 6.04 Å². The molecule has 5 rings (SSSR count). The van der Waals surface area contributed by atoms with Crippen molar-refractivity contribution in [3.05, 3.63) is 64.7 Å². The zero-order chi connectivity index (χ0) is 37.5. The smallest absolute Gasteiger partial charge is 0.422 e. The first-order chi connectivity index (χ1) is 24.7. The number of benzene rings is 2. The van der Waals surface area contributed by atoms with Crippen LogP contribution in [0.4, 0.5) is 30.8 Å². The van der Waals surface area contributed by atoms with Gasteiger partial charge in [0.25, 0.3) is 11.8 Å². The van der Waals surface area contributed by atoms with Gasteiger partial charge in [0.05, 0.1) is 11.6 Å². The van der Waals surface area contributed by atoms with Crippen molar-refractivity contribution < 1.29 is 47.3 Å². The Morgan fingerprint density at radius 2 is 1.63 bits per heavy atom. The van der Waals surface area contributed by atoms with Gasteiger partial charge >= 0.3 is 18.2 Å². The first kappa shape index (κ1) is 38.2. The van der Waals surface area contributed by atoms with E-state index in [0.29, 0.717) is 36.4 Å². The topological polar surface area (TPSA) is 205 Å². The number of aliphatic carboxylic acids is 1. The predicted molar refractivity (Wildman–Crippen MR) is 181 cm³/mol. The van der Waals surface area contributed by atoms with E-state index in [0.717, 1.165) is 18.4 Å². The summed E-state index contributed by atoms with van der Waals surface area (Å²) in [6.45, 7) is -1.83. The number of hydrogen-bond acceptors (Lipinski definition) is 11. The number of ketones is 1. The third kappa shape index (κ3) is 10.7. The van der Waals surface area contributed by atoms with Crippen LogP contribution in [0.1, 0.15) is 67.3 Å². The molecule has 2 aliphatic carbocycles. The fraction of sp³-hybridized carbons (Fsp3) is 0.441. The summed E-state index contributed by atoms with van der Waals surface area (Å²) in [5.41, 5.74) is 0.731. The number of rotatable bonds is 16. The second kappa shape index (κ2) is 16.5. The standard InChI is InChI=1S/C34H37ClF3N7O7/c35-22-9-7-21(8-10-22)33(14-15-33)45-31-42-30(43-32(44-31)52-18-34(36,37)38)40-23-11-5-19(6-12-23)27(48)41-24(29(50)51)13-16-39-28(49)26(47)17-20-3-1-2-4-25(20)46/h5-12,20,24-25,46H,1-4,13-18H2,(H,39,49)(H,41,48)(H,50,51)(H2,40,42,43,44,45)/t20?,24-,25?/m0/s1. The minimum atomic E-state index is -4.64. The predicted octanol–water partition coefficient (Wildman–Crippen LogP) is 4.51. The number of halogens is 4. The molecule has 1 aromatic heterocycles. The number of aliphatic hydroxyl groups excluding tert-OH is 1. The van der Waals surface area contributed by atoms with Crippen LogP contribution in [0.2, 0.25) is 5.02 Å². The molecule has 2 saturated carbocycles. The molecule has 0 radical (unpaired) electrons. The molecule has 2 aliphatic rings. The second-order valence-electron chi connectivity index (χ2n) is 12.7. The molecule has 0 bridgehead atoms. The quantitative estimate of drug-likeness (QED) is 0.112. The van der Waals surface area contributed by atoms with Crippen molar-refractivity contribution in [3.8, 4) is 6.01 Å². The first-order valence-corrected chi connectivity index (χ1v) is 17.0. The Balaban J connectivity index is 1.18. The average Bonchev–Trinajstić information content (AvgIpc) is 3.88. The number of anilines is 3. The van der Waals surface area contributed by atoms with Crippen molar-refractivity contribution in [2.45, 2.75) is 75.2 Å². The summed E-state index contributed by atoms with van der Waals surface area (Å²) < 4.78 is 43.6. The Labute approximate surface area is 300 Å². The Hall–Kier alpha value is -5.03. The molecule has 2 unspecified atom stereocenters. The van der Waals surface area contributed by atoms with Crippen LogP contribution in [0.3, 0.4) is 0 Å². The molecule has 0 aliphatic heterocycles. The van der Waals surface area contributed by atoms with Gasteiger partial charge < -0.3 is 36.2 Å². The van der Waals surface area contributed by atoms with E-state index in [1.54, 1.807) is 12.1 Å². The van der Waals surface area contributed by atoms with Crippen LogP contribution >= 0.6 is 11.6 Å². The van der Waals surface area contributed by atoms with E-state index in [1.807, 2.05) is 12.1 Å². The molecule has 2 fully saturated rings. The van der Waals surface area contributed by atoms with Crippen LogP contribution in [-0.4, -0.2) is 80.2 Å². The number of carbonyl (C=O) groups is 4. The lowest BCUT2D eigenvalue weighted by atomic mass is 9.83. The second-order valence-corrected chi connectivity index (χ2v) is 13.2. The normalized spacial score (nSPS) is 18.4. The fourth-order valence-corrected chi connectivity index (χ4v) is 5.92. The van der Waals surface area contributed by atoms with Crippen molar-refractivity contribution in [2.24, 2.45) is 5.92 Å². The summed E-state index contributed by atoms with van der Waals surface area (Å²) in [6, 6.07) is 10.8. The summed E-state index contributed by atoms with van der Waals surface area (Å²) in [5.74, 6) is -4.16. The number of hydrogen-bond donors (Lipinski definition) is 6. The number of aromatic nitrogens is 3. The van der Waals surface area contributed by atoms with E-state index in [1.165, 1.54) is 24.3 Å². The van der Waals surface area contributed by atoms with Crippen LogP contribution in [0.15, 0.2) is 48.5 Å². The third-order valence-corrected chi connectivity index (χ3v) is 9.02. The van der Waals surface area contributed by atoms with Crippen LogP contribution < -0.4 is 26.0 Å². The zero-order valence-electron chi connectivity index (χ0n) is 27.7. The maximum atomic E-state index is 12.9. The van der Waals surface area contributed by atoms with Gasteiger partial charge in [-0.1, -0.05) is 36.6 Å². The highest BCUT2D eigenvalue weighted by Crippen LogP contribution is 2.48. The molecule has 2 amide bonds. The molecule has 2 aromatic carbocycles. The highest BCUT2D eigenvalue weighted by Gasteiger charge is 2.45. The molecule has 3 aromatic rings. The number of carboxylic acid groups (broad SMARTS) is 1. The van der Waals surface area contributed by atoms with E-state index >= 15 is 0 Å². The summed E-state index contributed by atoms with van der Waals surface area (Å²) in [5, 5.41) is 31.0. The number of ether oxygens (including phenoxy) is 1. The Kier molecular flexibility index (Phi) is 12.2. The lowest BCUT2D eigenvalue weighted by molar-refractivity contribution is -0.154. The molecular weight excluding hydrogens is 711 g/mol. The van der Waals surface area contributed by atoms with Crippen LogP contribution in [0, 0.1) is 5.92 Å². The highest BCUT2D eigenvalue weighted by atomic mass is 35.5. The molecule has 52 heavy (non-hydrogen) atoms. The lowest BCUT2D eigenvalue weighted by Crippen LogP contribution is -2.44. The Bertz CT molecular complexity index is 1760. The molecular formula is C34H37ClF3N7O7. The van der Waals surface area contributed by atoms with Crippen molar-refractivity contribution >= 4 is 52.8 Å². The fourth-order valence-electron chi connectivity index (χ4n) is 5.79. The van der Waals surface area contributed by atoms with Crippen molar-refractivity contribution in [1.82, 2.24) is 25.6 Å². The summed E-state index contributed by atoms with van der Waals surface area (Å²) >= 11 is 6.01. The largest absolute Gasteiger partial charge is 0.480 e. The summed E-state index contributed by atoms with van der Waals surface area (Å²) in [6.07, 6.45) is -1.23. The zero-order valence-corrected chi connectivity index (χ0v) is 28.5. The summed E-state index contributed by atoms with van der Waals surface area (Å²) in [7, 11) is 0. The molecule has 0 saturated heterocycles. The minimum absolute atomic E-state index is 0.0404. The highest BCUT2D eigenvalue weighted by molar-refractivity contribution is 6.36. The Morgan fingerprint density at radius 1 is 0.962 bits per heavy atom. The molecule has 278 valence electrons. The molecule has 18 heteroatoms.